The summed E-state index contributed by atoms with van der Waals surface area (Å²) in [5.74, 6) is 0.852. The predicted octanol–water partition coefficient (Wildman–Crippen LogP) is 4.17. The van der Waals surface area contributed by atoms with Crippen molar-refractivity contribution in [3.05, 3.63) is 28.8 Å². The van der Waals surface area contributed by atoms with Crippen molar-refractivity contribution in [1.29, 1.82) is 0 Å². The molecular weight excluding hydrogens is 246 g/mol. The standard InChI is InChI=1S/C15H20ClNO/c1-3-17(10-12-5-4-6-12)13-7-8-14(11(2)18)15(16)9-13/h7-9,12H,3-6,10H2,1-2H3. The number of carbonyl (C=O) groups is 1. The second-order valence-electron chi connectivity index (χ2n) is 5.06. The van der Waals surface area contributed by atoms with Crippen molar-refractivity contribution in [2.24, 2.45) is 5.92 Å². The van der Waals surface area contributed by atoms with Gasteiger partial charge >= 0.3 is 0 Å². The molecule has 1 aromatic carbocycles. The van der Waals surface area contributed by atoms with Gasteiger partial charge < -0.3 is 4.90 Å². The van der Waals surface area contributed by atoms with Crippen molar-refractivity contribution in [1.82, 2.24) is 0 Å². The zero-order chi connectivity index (χ0) is 13.1. The molecule has 0 unspecified atom stereocenters. The molecule has 2 rings (SSSR count). The molecule has 3 heteroatoms. The molecule has 1 aliphatic rings. The Morgan fingerprint density at radius 2 is 2.17 bits per heavy atom. The van der Waals surface area contributed by atoms with Gasteiger partial charge in [-0.2, -0.15) is 0 Å². The maximum Gasteiger partial charge on any atom is 0.161 e. The van der Waals surface area contributed by atoms with Gasteiger partial charge in [0.15, 0.2) is 5.78 Å². The van der Waals surface area contributed by atoms with Gasteiger partial charge in [-0.25, -0.2) is 0 Å². The third kappa shape index (κ3) is 2.86. The summed E-state index contributed by atoms with van der Waals surface area (Å²) in [5.41, 5.74) is 1.74. The van der Waals surface area contributed by atoms with E-state index in [1.807, 2.05) is 18.2 Å². The molecule has 2 nitrogen and oxygen atoms in total. The van der Waals surface area contributed by atoms with Crippen LogP contribution in [0.4, 0.5) is 5.69 Å². The van der Waals surface area contributed by atoms with Crippen LogP contribution in [0.3, 0.4) is 0 Å². The lowest BCUT2D eigenvalue weighted by Gasteiger charge is -2.33. The molecule has 98 valence electrons. The number of ketones is 1. The van der Waals surface area contributed by atoms with Crippen LogP contribution in [-0.4, -0.2) is 18.9 Å². The monoisotopic (exact) mass is 265 g/mol. The summed E-state index contributed by atoms with van der Waals surface area (Å²) >= 11 is 6.16. The van der Waals surface area contributed by atoms with Gasteiger partial charge in [-0.05, 0) is 50.8 Å². The van der Waals surface area contributed by atoms with Crippen molar-refractivity contribution in [3.63, 3.8) is 0 Å². The van der Waals surface area contributed by atoms with E-state index in [0.717, 1.165) is 24.7 Å². The summed E-state index contributed by atoms with van der Waals surface area (Å²) in [4.78, 5) is 13.7. The van der Waals surface area contributed by atoms with E-state index in [0.29, 0.717) is 10.6 Å². The van der Waals surface area contributed by atoms with Gasteiger partial charge in [0.05, 0.1) is 5.02 Å². The van der Waals surface area contributed by atoms with Crippen LogP contribution in [0, 0.1) is 5.92 Å². The first-order valence-corrected chi connectivity index (χ1v) is 7.05. The highest BCUT2D eigenvalue weighted by atomic mass is 35.5. The number of benzene rings is 1. The fraction of sp³-hybridized carbons (Fsp3) is 0.533. The van der Waals surface area contributed by atoms with E-state index in [2.05, 4.69) is 11.8 Å². The van der Waals surface area contributed by atoms with Crippen molar-refractivity contribution in [2.45, 2.75) is 33.1 Å². The average Bonchev–Trinajstić information content (AvgIpc) is 2.27. The highest BCUT2D eigenvalue weighted by molar-refractivity contribution is 6.34. The topological polar surface area (TPSA) is 20.3 Å². The van der Waals surface area contributed by atoms with Gasteiger partial charge in [0.2, 0.25) is 0 Å². The van der Waals surface area contributed by atoms with Crippen LogP contribution in [0.5, 0.6) is 0 Å². The number of Topliss-reactive ketones (excluding diaryl/α,β-unsaturated/α-hetero) is 1. The number of carbonyl (C=O) groups excluding carboxylic acids is 1. The minimum atomic E-state index is 0.0218. The molecule has 18 heavy (non-hydrogen) atoms. The summed E-state index contributed by atoms with van der Waals surface area (Å²) in [6.45, 7) is 5.79. The van der Waals surface area contributed by atoms with Crippen LogP contribution in [0.15, 0.2) is 18.2 Å². The maximum absolute atomic E-state index is 11.4. The number of nitrogens with zero attached hydrogens (tertiary/aromatic N) is 1. The Morgan fingerprint density at radius 1 is 1.44 bits per heavy atom. The lowest BCUT2D eigenvalue weighted by Crippen LogP contribution is -2.32. The fourth-order valence-corrected chi connectivity index (χ4v) is 2.70. The Hall–Kier alpha value is -1.02. The summed E-state index contributed by atoms with van der Waals surface area (Å²) in [7, 11) is 0. The van der Waals surface area contributed by atoms with Crippen molar-refractivity contribution >= 4 is 23.1 Å². The Morgan fingerprint density at radius 3 is 2.61 bits per heavy atom. The van der Waals surface area contributed by atoms with Gasteiger partial charge in [0.25, 0.3) is 0 Å². The lowest BCUT2D eigenvalue weighted by atomic mass is 9.85. The third-order valence-electron chi connectivity index (χ3n) is 3.78. The van der Waals surface area contributed by atoms with E-state index < -0.39 is 0 Å². The van der Waals surface area contributed by atoms with E-state index in [-0.39, 0.29) is 5.78 Å². The van der Waals surface area contributed by atoms with E-state index in [1.165, 1.54) is 19.3 Å². The molecule has 0 spiro atoms. The van der Waals surface area contributed by atoms with Gasteiger partial charge in [-0.15, -0.1) is 0 Å². The van der Waals surface area contributed by atoms with Gasteiger partial charge in [0, 0.05) is 24.3 Å². The van der Waals surface area contributed by atoms with E-state index in [9.17, 15) is 4.79 Å². The Kier molecular flexibility index (Phi) is 4.28. The smallest absolute Gasteiger partial charge is 0.161 e. The van der Waals surface area contributed by atoms with Gasteiger partial charge in [-0.3, -0.25) is 4.79 Å². The van der Waals surface area contributed by atoms with Gasteiger partial charge in [-0.1, -0.05) is 18.0 Å². The molecule has 0 aliphatic heterocycles. The molecule has 0 saturated heterocycles. The zero-order valence-electron chi connectivity index (χ0n) is 11.1. The average molecular weight is 266 g/mol. The Bertz CT molecular complexity index is 440. The molecule has 1 saturated carbocycles. The highest BCUT2D eigenvalue weighted by Crippen LogP contribution is 2.30. The molecule has 0 amide bonds. The summed E-state index contributed by atoms with van der Waals surface area (Å²) in [6, 6.07) is 5.76. The third-order valence-corrected chi connectivity index (χ3v) is 4.09. The second kappa shape index (κ2) is 5.75. The normalized spacial score (nSPS) is 15.3. The van der Waals surface area contributed by atoms with Crippen LogP contribution in [0.2, 0.25) is 5.02 Å². The minimum absolute atomic E-state index is 0.0218. The van der Waals surface area contributed by atoms with Crippen LogP contribution >= 0.6 is 11.6 Å². The SMILES string of the molecule is CCN(CC1CCC1)c1ccc(C(C)=O)c(Cl)c1. The van der Waals surface area contributed by atoms with Crippen LogP contribution in [0.1, 0.15) is 43.5 Å². The number of hydrogen-bond donors (Lipinski definition) is 0. The minimum Gasteiger partial charge on any atom is -0.371 e. The lowest BCUT2D eigenvalue weighted by molar-refractivity contribution is 0.101. The number of anilines is 1. The van der Waals surface area contributed by atoms with Crippen molar-refractivity contribution in [3.8, 4) is 0 Å². The molecule has 1 aromatic rings. The second-order valence-corrected chi connectivity index (χ2v) is 5.46. The number of hydrogen-bond acceptors (Lipinski definition) is 2. The summed E-state index contributed by atoms with van der Waals surface area (Å²) in [5, 5.41) is 0.562. The van der Waals surface area contributed by atoms with E-state index in [4.69, 9.17) is 11.6 Å². The molecule has 1 fully saturated rings. The number of rotatable bonds is 5. The zero-order valence-corrected chi connectivity index (χ0v) is 11.8. The van der Waals surface area contributed by atoms with Crippen LogP contribution in [0.25, 0.3) is 0 Å². The first-order chi connectivity index (χ1) is 8.61. The molecular formula is C15H20ClNO. The Balaban J connectivity index is 2.14. The highest BCUT2D eigenvalue weighted by Gasteiger charge is 2.20. The summed E-state index contributed by atoms with van der Waals surface area (Å²) < 4.78 is 0. The predicted molar refractivity (Wildman–Crippen MR) is 76.7 cm³/mol. The molecule has 1 aliphatic carbocycles. The first-order valence-electron chi connectivity index (χ1n) is 6.67. The van der Waals surface area contributed by atoms with E-state index >= 15 is 0 Å². The molecule has 0 aromatic heterocycles. The Labute approximate surface area is 114 Å². The first kappa shape index (κ1) is 13.4. The molecule has 0 N–H and O–H groups in total. The van der Waals surface area contributed by atoms with Crippen molar-refractivity contribution in [2.75, 3.05) is 18.0 Å². The molecule has 0 bridgehead atoms. The largest absolute Gasteiger partial charge is 0.371 e. The quantitative estimate of drug-likeness (QED) is 0.745. The van der Waals surface area contributed by atoms with Gasteiger partial charge in [0.1, 0.15) is 0 Å². The summed E-state index contributed by atoms with van der Waals surface area (Å²) in [6.07, 6.45) is 4.05. The van der Waals surface area contributed by atoms with E-state index in [1.54, 1.807) is 6.92 Å². The number of halogens is 1. The fourth-order valence-electron chi connectivity index (χ4n) is 2.39. The molecule has 0 radical (unpaired) electrons. The maximum atomic E-state index is 11.4. The molecule has 0 heterocycles. The molecule has 0 atom stereocenters. The van der Waals surface area contributed by atoms with Crippen molar-refractivity contribution < 1.29 is 4.79 Å². The van der Waals surface area contributed by atoms with Crippen LogP contribution < -0.4 is 4.90 Å². The van der Waals surface area contributed by atoms with Crippen LogP contribution in [-0.2, 0) is 0 Å².